The van der Waals surface area contributed by atoms with Crippen molar-refractivity contribution in [1.29, 1.82) is 0 Å². The summed E-state index contributed by atoms with van der Waals surface area (Å²) in [5, 5.41) is 0. The summed E-state index contributed by atoms with van der Waals surface area (Å²) in [6.07, 6.45) is 3.24. The molecule has 1 aromatic rings. The summed E-state index contributed by atoms with van der Waals surface area (Å²) >= 11 is 0. The lowest BCUT2D eigenvalue weighted by atomic mass is 10.0. The van der Waals surface area contributed by atoms with Crippen LogP contribution in [0.3, 0.4) is 0 Å². The van der Waals surface area contributed by atoms with Crippen molar-refractivity contribution in [1.82, 2.24) is 4.31 Å². The third-order valence-electron chi connectivity index (χ3n) is 3.95. The zero-order valence-electron chi connectivity index (χ0n) is 13.1. The molecule has 1 aliphatic heterocycles. The van der Waals surface area contributed by atoms with Crippen molar-refractivity contribution in [2.45, 2.75) is 36.6 Å². The van der Waals surface area contributed by atoms with Crippen LogP contribution in [0.1, 0.15) is 36.0 Å². The Kier molecular flexibility index (Phi) is 7.47. The van der Waals surface area contributed by atoms with Crippen LogP contribution in [0.25, 0.3) is 0 Å². The molecule has 2 rings (SSSR count). The van der Waals surface area contributed by atoms with Crippen LogP contribution in [0.2, 0.25) is 0 Å². The van der Waals surface area contributed by atoms with Gasteiger partial charge in [0.05, 0.1) is 17.6 Å². The minimum atomic E-state index is -3.74. The van der Waals surface area contributed by atoms with Crippen molar-refractivity contribution in [3.8, 4) is 0 Å². The smallest absolute Gasteiger partial charge is 0.339 e. The lowest BCUT2D eigenvalue weighted by molar-refractivity contribution is 0.0596. The van der Waals surface area contributed by atoms with E-state index in [1.54, 1.807) is 12.1 Å². The van der Waals surface area contributed by atoms with E-state index in [-0.39, 0.29) is 28.9 Å². The molecule has 1 heterocycles. The number of hydrogen-bond donors (Lipinski definition) is 1. The molecule has 0 amide bonds. The van der Waals surface area contributed by atoms with Crippen molar-refractivity contribution < 1.29 is 17.9 Å². The fraction of sp³-hybridized carbons (Fsp3) is 0.533. The highest BCUT2D eigenvalue weighted by Gasteiger charge is 2.35. The van der Waals surface area contributed by atoms with Crippen LogP contribution < -0.4 is 5.73 Å². The first-order valence-corrected chi connectivity index (χ1v) is 8.85. The Labute approximate surface area is 143 Å². The van der Waals surface area contributed by atoms with Crippen molar-refractivity contribution in [3.05, 3.63) is 29.8 Å². The van der Waals surface area contributed by atoms with Crippen LogP contribution in [0, 0.1) is 0 Å². The number of sulfonamides is 1. The van der Waals surface area contributed by atoms with E-state index in [2.05, 4.69) is 0 Å². The number of rotatable bonds is 5. The molecule has 8 heteroatoms. The molecule has 2 N–H and O–H groups in total. The number of hydrogen-bond acceptors (Lipinski definition) is 5. The van der Waals surface area contributed by atoms with E-state index in [0.717, 1.165) is 19.3 Å². The Morgan fingerprint density at radius 3 is 2.70 bits per heavy atom. The number of methoxy groups -OCH3 is 1. The van der Waals surface area contributed by atoms with Gasteiger partial charge >= 0.3 is 5.97 Å². The van der Waals surface area contributed by atoms with E-state index in [9.17, 15) is 13.2 Å². The van der Waals surface area contributed by atoms with Crippen LogP contribution in [-0.4, -0.2) is 44.9 Å². The van der Waals surface area contributed by atoms with E-state index in [0.29, 0.717) is 19.5 Å². The summed E-state index contributed by atoms with van der Waals surface area (Å²) in [7, 11) is -2.50. The van der Waals surface area contributed by atoms with Gasteiger partial charge in [-0.05, 0) is 37.9 Å². The number of nitrogens with zero attached hydrogens (tertiary/aromatic N) is 1. The van der Waals surface area contributed by atoms with Crippen LogP contribution in [0.5, 0.6) is 0 Å². The molecule has 0 aliphatic carbocycles. The quantitative estimate of drug-likeness (QED) is 0.806. The van der Waals surface area contributed by atoms with Gasteiger partial charge in [0, 0.05) is 12.6 Å². The van der Waals surface area contributed by atoms with Gasteiger partial charge in [-0.3, -0.25) is 0 Å². The predicted octanol–water partition coefficient (Wildman–Crippen LogP) is 1.79. The molecule has 0 aromatic heterocycles. The average molecular weight is 363 g/mol. The van der Waals surface area contributed by atoms with Gasteiger partial charge in [0.15, 0.2) is 0 Å². The number of esters is 1. The molecule has 1 fully saturated rings. The zero-order valence-corrected chi connectivity index (χ0v) is 14.7. The van der Waals surface area contributed by atoms with Gasteiger partial charge in [-0.15, -0.1) is 12.4 Å². The average Bonchev–Trinajstić information content (AvgIpc) is 2.55. The van der Waals surface area contributed by atoms with E-state index in [1.165, 1.54) is 23.5 Å². The number of benzene rings is 1. The second kappa shape index (κ2) is 8.63. The molecule has 0 bridgehead atoms. The molecule has 1 atom stereocenters. The Bertz CT molecular complexity index is 634. The molecular weight excluding hydrogens is 340 g/mol. The molecular formula is C15H23ClN2O4S. The first-order chi connectivity index (χ1) is 10.5. The normalized spacial score (nSPS) is 19.0. The summed E-state index contributed by atoms with van der Waals surface area (Å²) in [5.41, 5.74) is 5.68. The van der Waals surface area contributed by atoms with Crippen molar-refractivity contribution in [3.63, 3.8) is 0 Å². The molecule has 130 valence electrons. The Hall–Kier alpha value is -1.15. The minimum Gasteiger partial charge on any atom is -0.465 e. The van der Waals surface area contributed by atoms with Gasteiger partial charge in [0.25, 0.3) is 0 Å². The minimum absolute atomic E-state index is 0. The highest BCUT2D eigenvalue weighted by Crippen LogP contribution is 2.28. The van der Waals surface area contributed by atoms with Crippen LogP contribution >= 0.6 is 12.4 Å². The maximum Gasteiger partial charge on any atom is 0.339 e. The number of carbonyl (C=O) groups excluding carboxylic acids is 1. The molecule has 1 aromatic carbocycles. The number of ether oxygens (including phenoxy) is 1. The SMILES string of the molecule is COC(=O)c1ccccc1S(=O)(=O)N1CCCCC1CCN.Cl. The first kappa shape index (κ1) is 19.9. The van der Waals surface area contributed by atoms with Crippen molar-refractivity contribution in [2.75, 3.05) is 20.2 Å². The second-order valence-electron chi connectivity index (χ2n) is 5.33. The summed E-state index contributed by atoms with van der Waals surface area (Å²) in [4.78, 5) is 11.9. The maximum atomic E-state index is 13.0. The van der Waals surface area contributed by atoms with Gasteiger partial charge in [-0.1, -0.05) is 18.6 Å². The van der Waals surface area contributed by atoms with Gasteiger partial charge in [0.1, 0.15) is 0 Å². The van der Waals surface area contributed by atoms with Gasteiger partial charge in [-0.25, -0.2) is 13.2 Å². The summed E-state index contributed by atoms with van der Waals surface area (Å²) < 4.78 is 32.2. The zero-order chi connectivity index (χ0) is 16.2. The second-order valence-corrected chi connectivity index (χ2v) is 7.19. The van der Waals surface area contributed by atoms with Gasteiger partial charge < -0.3 is 10.5 Å². The summed E-state index contributed by atoms with van der Waals surface area (Å²) in [6, 6.07) is 6.06. The maximum absolute atomic E-state index is 13.0. The van der Waals surface area contributed by atoms with Crippen molar-refractivity contribution >= 4 is 28.4 Å². The number of halogens is 1. The number of carbonyl (C=O) groups is 1. The molecule has 23 heavy (non-hydrogen) atoms. The Balaban J connectivity index is 0.00000264. The molecule has 0 spiro atoms. The van der Waals surface area contributed by atoms with E-state index in [1.807, 2.05) is 0 Å². The number of piperidine rings is 1. The van der Waals surface area contributed by atoms with E-state index < -0.39 is 16.0 Å². The van der Waals surface area contributed by atoms with Gasteiger partial charge in [-0.2, -0.15) is 4.31 Å². The molecule has 6 nitrogen and oxygen atoms in total. The standard InChI is InChI=1S/C15H22N2O4S.ClH/c1-21-15(18)13-7-2-3-8-14(13)22(19,20)17-11-5-4-6-12(17)9-10-16;/h2-3,7-8,12H,4-6,9-11,16H2,1H3;1H. The fourth-order valence-corrected chi connectivity index (χ4v) is 4.77. The summed E-state index contributed by atoms with van der Waals surface area (Å²) in [5.74, 6) is -0.647. The van der Waals surface area contributed by atoms with Crippen molar-refractivity contribution in [2.24, 2.45) is 5.73 Å². The molecule has 0 saturated carbocycles. The lowest BCUT2D eigenvalue weighted by Gasteiger charge is -2.34. The van der Waals surface area contributed by atoms with Gasteiger partial charge in [0.2, 0.25) is 10.0 Å². The molecule has 1 saturated heterocycles. The first-order valence-electron chi connectivity index (χ1n) is 7.41. The Morgan fingerprint density at radius 1 is 1.35 bits per heavy atom. The lowest BCUT2D eigenvalue weighted by Crippen LogP contribution is -2.44. The topological polar surface area (TPSA) is 89.7 Å². The summed E-state index contributed by atoms with van der Waals surface area (Å²) in [6.45, 7) is 0.901. The number of nitrogens with two attached hydrogens (primary N) is 1. The Morgan fingerprint density at radius 2 is 2.04 bits per heavy atom. The van der Waals surface area contributed by atoms with Crippen LogP contribution in [0.15, 0.2) is 29.2 Å². The van der Waals surface area contributed by atoms with Crippen LogP contribution in [-0.2, 0) is 14.8 Å². The predicted molar refractivity (Wildman–Crippen MR) is 90.2 cm³/mol. The molecule has 1 unspecified atom stereocenters. The monoisotopic (exact) mass is 362 g/mol. The third-order valence-corrected chi connectivity index (χ3v) is 5.96. The third kappa shape index (κ3) is 4.23. The van der Waals surface area contributed by atoms with Crippen LogP contribution in [0.4, 0.5) is 0 Å². The van der Waals surface area contributed by atoms with E-state index in [4.69, 9.17) is 10.5 Å². The largest absolute Gasteiger partial charge is 0.465 e. The highest BCUT2D eigenvalue weighted by molar-refractivity contribution is 7.89. The molecule has 1 aliphatic rings. The van der Waals surface area contributed by atoms with E-state index >= 15 is 0 Å². The fourth-order valence-electron chi connectivity index (χ4n) is 2.87. The molecule has 0 radical (unpaired) electrons. The highest BCUT2D eigenvalue weighted by atomic mass is 35.5.